The maximum Gasteiger partial charge on any atom is 0.416 e. The van der Waals surface area contributed by atoms with Crippen LogP contribution < -0.4 is 0 Å². The number of aromatic nitrogens is 3. The van der Waals surface area contributed by atoms with Gasteiger partial charge in [-0.25, -0.2) is 0 Å². The molecule has 6 heteroatoms. The minimum atomic E-state index is -4.60. The van der Waals surface area contributed by atoms with Crippen LogP contribution in [0.15, 0.2) is 231 Å². The van der Waals surface area contributed by atoms with Crippen molar-refractivity contribution >= 4 is 43.6 Å². The Kier molecular flexibility index (Phi) is 9.28. The fourth-order valence-corrected chi connectivity index (χ4v) is 9.72. The van der Waals surface area contributed by atoms with Crippen molar-refractivity contribution in [1.82, 2.24) is 14.1 Å². The average molecular weight is 858 g/mol. The van der Waals surface area contributed by atoms with Crippen LogP contribution in [0.1, 0.15) is 5.56 Å². The Hall–Kier alpha value is -8.48. The quantitative estimate of drug-likeness (QED) is 0.157. The monoisotopic (exact) mass is 857 g/mol. The number of pyridine rings is 1. The maximum absolute atomic E-state index is 15.0. The highest BCUT2D eigenvalue weighted by atomic mass is 19.4. The summed E-state index contributed by atoms with van der Waals surface area (Å²) in [6.07, 6.45) is -1.17. The maximum atomic E-state index is 15.0. The number of alkyl halides is 3. The van der Waals surface area contributed by atoms with Crippen LogP contribution in [-0.2, 0) is 6.18 Å². The summed E-state index contributed by atoms with van der Waals surface area (Å²) in [6.45, 7) is 0. The highest BCUT2D eigenvalue weighted by Crippen LogP contribution is 2.45. The summed E-state index contributed by atoms with van der Waals surface area (Å²) < 4.78 is 49.3. The van der Waals surface area contributed by atoms with Gasteiger partial charge in [-0.2, -0.15) is 13.2 Å². The van der Waals surface area contributed by atoms with E-state index in [1.54, 1.807) is 18.5 Å². The zero-order valence-corrected chi connectivity index (χ0v) is 35.4. The van der Waals surface area contributed by atoms with E-state index in [1.807, 2.05) is 78.9 Å². The van der Waals surface area contributed by atoms with Crippen molar-refractivity contribution in [2.45, 2.75) is 6.18 Å². The second-order valence-electron chi connectivity index (χ2n) is 16.7. The molecule has 3 heterocycles. The van der Waals surface area contributed by atoms with Gasteiger partial charge >= 0.3 is 6.18 Å². The van der Waals surface area contributed by atoms with Gasteiger partial charge in [0.15, 0.2) is 0 Å². The van der Waals surface area contributed by atoms with Gasteiger partial charge in [-0.05, 0) is 117 Å². The molecule has 12 aromatic rings. The molecule has 66 heavy (non-hydrogen) atoms. The van der Waals surface area contributed by atoms with Gasteiger partial charge in [0.1, 0.15) is 0 Å². The second kappa shape index (κ2) is 15.6. The lowest BCUT2D eigenvalue weighted by Crippen LogP contribution is -2.08. The molecule has 0 saturated heterocycles. The van der Waals surface area contributed by atoms with E-state index in [-0.39, 0.29) is 0 Å². The third-order valence-corrected chi connectivity index (χ3v) is 12.9. The van der Waals surface area contributed by atoms with Crippen LogP contribution in [0.4, 0.5) is 13.2 Å². The Labute approximate surface area is 378 Å². The number of hydrogen-bond acceptors (Lipinski definition) is 1. The van der Waals surface area contributed by atoms with Crippen molar-refractivity contribution < 1.29 is 13.2 Å². The van der Waals surface area contributed by atoms with Gasteiger partial charge in [0.05, 0.1) is 39.0 Å². The zero-order valence-electron chi connectivity index (χ0n) is 35.4. The third-order valence-electron chi connectivity index (χ3n) is 12.9. The summed E-state index contributed by atoms with van der Waals surface area (Å²) in [6, 6.07) is 72.8. The predicted molar refractivity (Wildman–Crippen MR) is 265 cm³/mol. The van der Waals surface area contributed by atoms with E-state index in [0.29, 0.717) is 22.5 Å². The summed E-state index contributed by atoms with van der Waals surface area (Å²) in [5, 5.41) is 4.04. The van der Waals surface area contributed by atoms with Crippen molar-refractivity contribution in [2.75, 3.05) is 0 Å². The molecule has 0 N–H and O–H groups in total. The van der Waals surface area contributed by atoms with E-state index < -0.39 is 11.7 Å². The van der Waals surface area contributed by atoms with E-state index in [2.05, 4.69) is 135 Å². The normalized spacial score (nSPS) is 11.9. The lowest BCUT2D eigenvalue weighted by Gasteiger charge is -2.20. The SMILES string of the molecule is FC(F)(F)c1ccc(-n2c3ccc(-c4ccccc4)cc3c3cc(-c4ccccc4)ccc32)c(-c2cnccc2-n2c3ccc(-c4ccccc4)cc3c3cc(-c4ccccc4)ccc32)c1. The number of nitrogens with zero attached hydrogens (tertiary/aromatic N) is 3. The fraction of sp³-hybridized carbons (Fsp3) is 0.0167. The molecule has 0 saturated carbocycles. The van der Waals surface area contributed by atoms with Crippen molar-refractivity contribution in [3.8, 4) is 67.0 Å². The van der Waals surface area contributed by atoms with Gasteiger partial charge in [-0.15, -0.1) is 0 Å². The third kappa shape index (κ3) is 6.65. The van der Waals surface area contributed by atoms with Crippen LogP contribution in [0.25, 0.3) is 111 Å². The molecule has 0 bridgehead atoms. The fourth-order valence-electron chi connectivity index (χ4n) is 9.72. The highest BCUT2D eigenvalue weighted by molar-refractivity contribution is 6.14. The van der Waals surface area contributed by atoms with Crippen LogP contribution in [0.5, 0.6) is 0 Å². The van der Waals surface area contributed by atoms with Gasteiger partial charge in [-0.1, -0.05) is 146 Å². The van der Waals surface area contributed by atoms with Crippen LogP contribution in [0.2, 0.25) is 0 Å². The zero-order chi connectivity index (χ0) is 44.4. The number of benzene rings is 9. The summed E-state index contributed by atoms with van der Waals surface area (Å²) >= 11 is 0. The van der Waals surface area contributed by atoms with Crippen molar-refractivity contribution in [2.24, 2.45) is 0 Å². The van der Waals surface area contributed by atoms with Gasteiger partial charge in [0, 0.05) is 45.1 Å². The van der Waals surface area contributed by atoms with E-state index in [4.69, 9.17) is 0 Å². The molecule has 0 aliphatic heterocycles. The highest BCUT2D eigenvalue weighted by Gasteiger charge is 2.32. The minimum Gasteiger partial charge on any atom is -0.309 e. The van der Waals surface area contributed by atoms with Gasteiger partial charge < -0.3 is 9.13 Å². The molecule has 0 amide bonds. The Morgan fingerprint density at radius 2 is 0.667 bits per heavy atom. The number of fused-ring (bicyclic) bond motifs is 6. The second-order valence-corrected chi connectivity index (χ2v) is 16.7. The van der Waals surface area contributed by atoms with Gasteiger partial charge in [0.2, 0.25) is 0 Å². The Balaban J connectivity index is 1.13. The number of rotatable bonds is 7. The Morgan fingerprint density at radius 3 is 1.02 bits per heavy atom. The summed E-state index contributed by atoms with van der Waals surface area (Å²) in [7, 11) is 0. The first kappa shape index (κ1) is 39.1. The molecule has 0 atom stereocenters. The van der Waals surface area contributed by atoms with E-state index in [1.165, 1.54) is 12.1 Å². The first-order valence-corrected chi connectivity index (χ1v) is 21.9. The van der Waals surface area contributed by atoms with E-state index in [9.17, 15) is 13.2 Å². The molecule has 12 rings (SSSR count). The van der Waals surface area contributed by atoms with Crippen molar-refractivity contribution in [3.63, 3.8) is 0 Å². The summed E-state index contributed by atoms with van der Waals surface area (Å²) in [4.78, 5) is 4.62. The Morgan fingerprint density at radius 1 is 0.318 bits per heavy atom. The van der Waals surface area contributed by atoms with Crippen molar-refractivity contribution in [3.05, 3.63) is 236 Å². The average Bonchev–Trinajstić information content (AvgIpc) is 3.88. The summed E-state index contributed by atoms with van der Waals surface area (Å²) in [5.74, 6) is 0. The molecule has 0 radical (unpaired) electrons. The first-order chi connectivity index (χ1) is 32.4. The predicted octanol–water partition coefficient (Wildman–Crippen LogP) is 16.6. The molecule has 314 valence electrons. The smallest absolute Gasteiger partial charge is 0.309 e. The standard InChI is InChI=1S/C60H38F3N3/c61-60(62,63)47-25-30-58(65-54-26-21-43(39-13-5-1-6-14-39)33-48(54)49-34-44(22-27-55(49)65)40-15-7-2-8-16-40)52(37-47)53-38-64-32-31-59(53)66-56-28-23-45(41-17-9-3-10-18-41)35-50(56)51-36-46(24-29-57(51)66)42-19-11-4-12-20-42/h1-38H. The topological polar surface area (TPSA) is 22.8 Å². The molecule has 3 aromatic heterocycles. The van der Waals surface area contributed by atoms with Crippen LogP contribution in [-0.4, -0.2) is 14.1 Å². The van der Waals surface area contributed by atoms with Crippen LogP contribution in [0, 0.1) is 0 Å². The molecule has 0 spiro atoms. The molecule has 0 aliphatic carbocycles. The van der Waals surface area contributed by atoms with E-state index in [0.717, 1.165) is 88.1 Å². The van der Waals surface area contributed by atoms with Crippen molar-refractivity contribution in [1.29, 1.82) is 0 Å². The van der Waals surface area contributed by atoms with Gasteiger partial charge in [-0.3, -0.25) is 4.98 Å². The van der Waals surface area contributed by atoms with Crippen LogP contribution in [0.3, 0.4) is 0 Å². The molecule has 9 aromatic carbocycles. The van der Waals surface area contributed by atoms with E-state index >= 15 is 0 Å². The van der Waals surface area contributed by atoms with Gasteiger partial charge in [0.25, 0.3) is 0 Å². The van der Waals surface area contributed by atoms with Crippen LogP contribution >= 0.6 is 0 Å². The molecule has 0 unspecified atom stereocenters. The minimum absolute atomic E-state index is 0.405. The first-order valence-electron chi connectivity index (χ1n) is 21.9. The Bertz CT molecular complexity index is 3580. The number of hydrogen-bond donors (Lipinski definition) is 0. The summed E-state index contributed by atoms with van der Waals surface area (Å²) in [5.41, 5.74) is 13.7. The number of halogens is 3. The molecular weight excluding hydrogens is 820 g/mol. The molecule has 0 fully saturated rings. The lowest BCUT2D eigenvalue weighted by atomic mass is 9.99. The molecule has 3 nitrogen and oxygen atoms in total. The largest absolute Gasteiger partial charge is 0.416 e. The molecular formula is C60H38F3N3. The lowest BCUT2D eigenvalue weighted by molar-refractivity contribution is -0.137. The molecule has 0 aliphatic rings.